The van der Waals surface area contributed by atoms with Crippen LogP contribution in [0.1, 0.15) is 69.6 Å². The summed E-state index contributed by atoms with van der Waals surface area (Å²) in [5.74, 6) is -0.419. The van der Waals surface area contributed by atoms with Gasteiger partial charge in [-0.3, -0.25) is 0 Å². The van der Waals surface area contributed by atoms with Crippen molar-refractivity contribution in [2.75, 3.05) is 0 Å². The third-order valence-electron chi connectivity index (χ3n) is 4.46. The summed E-state index contributed by atoms with van der Waals surface area (Å²) in [5, 5.41) is 0. The van der Waals surface area contributed by atoms with E-state index in [0.717, 1.165) is 31.4 Å². The number of unbranched alkanes of at least 4 members (excludes halogenated alkanes) is 1. The van der Waals surface area contributed by atoms with Gasteiger partial charge in [-0.25, -0.2) is 0 Å². The minimum Gasteiger partial charge on any atom is -0.166 e. The zero-order chi connectivity index (χ0) is 18.1. The van der Waals surface area contributed by atoms with Crippen molar-refractivity contribution in [3.05, 3.63) is 34.9 Å². The van der Waals surface area contributed by atoms with Crippen LogP contribution in [0.5, 0.6) is 0 Å². The molecule has 0 aliphatic carbocycles. The van der Waals surface area contributed by atoms with E-state index in [4.69, 9.17) is 0 Å². The molecule has 0 aliphatic heterocycles. The van der Waals surface area contributed by atoms with Crippen molar-refractivity contribution in [1.82, 2.24) is 0 Å². The molecule has 6 heteroatoms. The SMILES string of the molecule is CCCCC(C)(C)C(C)c1cc(C(F)(F)F)cc(C(F)(F)F)c1. The largest absolute Gasteiger partial charge is 0.416 e. The molecular formula is C17H22F6. The van der Waals surface area contributed by atoms with Crippen molar-refractivity contribution >= 4 is 0 Å². The molecule has 1 aromatic carbocycles. The first kappa shape index (κ1) is 19.8. The van der Waals surface area contributed by atoms with Gasteiger partial charge in [0.25, 0.3) is 0 Å². The van der Waals surface area contributed by atoms with E-state index in [1.165, 1.54) is 0 Å². The maximum atomic E-state index is 12.9. The number of hydrogen-bond acceptors (Lipinski definition) is 0. The molecule has 0 aromatic heterocycles. The normalized spacial score (nSPS) is 14.9. The van der Waals surface area contributed by atoms with Crippen LogP contribution in [0.25, 0.3) is 0 Å². The molecule has 0 N–H and O–H groups in total. The maximum Gasteiger partial charge on any atom is 0.416 e. The zero-order valence-corrected chi connectivity index (χ0v) is 13.7. The summed E-state index contributed by atoms with van der Waals surface area (Å²) in [7, 11) is 0. The topological polar surface area (TPSA) is 0 Å². The number of benzene rings is 1. The molecule has 23 heavy (non-hydrogen) atoms. The second kappa shape index (κ2) is 6.73. The fourth-order valence-electron chi connectivity index (χ4n) is 2.53. The highest BCUT2D eigenvalue weighted by molar-refractivity contribution is 5.36. The number of rotatable bonds is 5. The highest BCUT2D eigenvalue weighted by Gasteiger charge is 2.38. The van der Waals surface area contributed by atoms with Gasteiger partial charge in [-0.2, -0.15) is 26.3 Å². The molecule has 0 aliphatic rings. The van der Waals surface area contributed by atoms with Gasteiger partial charge in [0.15, 0.2) is 0 Å². The fraction of sp³-hybridized carbons (Fsp3) is 0.647. The summed E-state index contributed by atoms with van der Waals surface area (Å²) in [6.45, 7) is 7.43. The van der Waals surface area contributed by atoms with Crippen LogP contribution < -0.4 is 0 Å². The highest BCUT2D eigenvalue weighted by atomic mass is 19.4. The molecule has 1 aromatic rings. The van der Waals surface area contributed by atoms with E-state index in [-0.39, 0.29) is 17.0 Å². The minimum absolute atomic E-state index is 0.0771. The first-order valence-corrected chi connectivity index (χ1v) is 7.58. The monoisotopic (exact) mass is 340 g/mol. The Morgan fingerprint density at radius 1 is 0.870 bits per heavy atom. The summed E-state index contributed by atoms with van der Waals surface area (Å²) in [6, 6.07) is 1.86. The Morgan fingerprint density at radius 3 is 1.65 bits per heavy atom. The smallest absolute Gasteiger partial charge is 0.166 e. The van der Waals surface area contributed by atoms with Crippen molar-refractivity contribution in [3.63, 3.8) is 0 Å². The van der Waals surface area contributed by atoms with Crippen LogP contribution in [-0.4, -0.2) is 0 Å². The third-order valence-corrected chi connectivity index (χ3v) is 4.46. The van der Waals surface area contributed by atoms with Gasteiger partial charge < -0.3 is 0 Å². The predicted molar refractivity (Wildman–Crippen MR) is 78.2 cm³/mol. The van der Waals surface area contributed by atoms with Crippen molar-refractivity contribution in [2.45, 2.75) is 65.2 Å². The lowest BCUT2D eigenvalue weighted by Gasteiger charge is -2.33. The molecule has 0 nitrogen and oxygen atoms in total. The van der Waals surface area contributed by atoms with Gasteiger partial charge in [0.1, 0.15) is 0 Å². The Morgan fingerprint density at radius 2 is 1.30 bits per heavy atom. The second-order valence-corrected chi connectivity index (χ2v) is 6.65. The Kier molecular flexibility index (Phi) is 5.81. The average Bonchev–Trinajstić information content (AvgIpc) is 2.42. The van der Waals surface area contributed by atoms with E-state index < -0.39 is 29.4 Å². The van der Waals surface area contributed by atoms with Crippen LogP contribution in [0.15, 0.2) is 18.2 Å². The highest BCUT2D eigenvalue weighted by Crippen LogP contribution is 2.43. The van der Waals surface area contributed by atoms with Crippen LogP contribution in [-0.2, 0) is 12.4 Å². The molecule has 0 amide bonds. The van der Waals surface area contributed by atoms with Gasteiger partial charge in [-0.15, -0.1) is 0 Å². The molecule has 1 atom stereocenters. The average molecular weight is 340 g/mol. The predicted octanol–water partition coefficient (Wildman–Crippen LogP) is 7.04. The second-order valence-electron chi connectivity index (χ2n) is 6.65. The van der Waals surface area contributed by atoms with E-state index >= 15 is 0 Å². The Bertz CT molecular complexity index is 493. The molecule has 0 bridgehead atoms. The van der Waals surface area contributed by atoms with Gasteiger partial charge in [0.2, 0.25) is 0 Å². The van der Waals surface area contributed by atoms with Crippen LogP contribution in [0.3, 0.4) is 0 Å². The molecule has 132 valence electrons. The molecular weight excluding hydrogens is 318 g/mol. The van der Waals surface area contributed by atoms with Crippen LogP contribution >= 0.6 is 0 Å². The molecule has 0 radical (unpaired) electrons. The van der Waals surface area contributed by atoms with E-state index in [1.54, 1.807) is 6.92 Å². The van der Waals surface area contributed by atoms with Crippen molar-refractivity contribution in [1.29, 1.82) is 0 Å². The standard InChI is InChI=1S/C17H22F6/c1-5-6-7-15(3,4)11(2)12-8-13(16(18,19)20)10-14(9-12)17(21,22)23/h8-11H,5-7H2,1-4H3. The fourth-order valence-corrected chi connectivity index (χ4v) is 2.53. The van der Waals surface area contributed by atoms with Crippen molar-refractivity contribution in [2.24, 2.45) is 5.41 Å². The lowest BCUT2D eigenvalue weighted by Crippen LogP contribution is -2.21. The van der Waals surface area contributed by atoms with Gasteiger partial charge in [0.05, 0.1) is 11.1 Å². The third kappa shape index (κ3) is 5.15. The van der Waals surface area contributed by atoms with Crippen molar-refractivity contribution in [3.8, 4) is 0 Å². The van der Waals surface area contributed by atoms with E-state index in [9.17, 15) is 26.3 Å². The molecule has 1 rings (SSSR count). The first-order chi connectivity index (χ1) is 10.3. The molecule has 0 saturated heterocycles. The van der Waals surface area contributed by atoms with E-state index in [0.29, 0.717) is 0 Å². The molecule has 0 heterocycles. The zero-order valence-electron chi connectivity index (χ0n) is 13.7. The number of halogens is 6. The Labute approximate surface area is 132 Å². The van der Waals surface area contributed by atoms with Crippen molar-refractivity contribution < 1.29 is 26.3 Å². The van der Waals surface area contributed by atoms with E-state index in [2.05, 4.69) is 0 Å². The lowest BCUT2D eigenvalue weighted by molar-refractivity contribution is -0.143. The minimum atomic E-state index is -4.80. The van der Waals surface area contributed by atoms with Gasteiger partial charge in [0, 0.05) is 0 Å². The Hall–Kier alpha value is -1.20. The molecule has 0 saturated carbocycles. The summed E-state index contributed by atoms with van der Waals surface area (Å²) in [4.78, 5) is 0. The molecule has 0 fully saturated rings. The van der Waals surface area contributed by atoms with Gasteiger partial charge in [-0.05, 0) is 41.5 Å². The maximum absolute atomic E-state index is 12.9. The van der Waals surface area contributed by atoms with Gasteiger partial charge >= 0.3 is 12.4 Å². The van der Waals surface area contributed by atoms with Gasteiger partial charge in [-0.1, -0.05) is 40.5 Å². The summed E-state index contributed by atoms with van der Waals surface area (Å²) in [6.07, 6.45) is -7.07. The van der Waals surface area contributed by atoms with Crippen LogP contribution in [0, 0.1) is 5.41 Å². The lowest BCUT2D eigenvalue weighted by atomic mass is 9.72. The summed E-state index contributed by atoms with van der Waals surface area (Å²) in [5.41, 5.74) is -2.81. The van der Waals surface area contributed by atoms with E-state index in [1.807, 2.05) is 20.8 Å². The summed E-state index contributed by atoms with van der Waals surface area (Å²) < 4.78 is 77.6. The number of hydrogen-bond donors (Lipinski definition) is 0. The molecule has 0 spiro atoms. The quantitative estimate of drug-likeness (QED) is 0.504. The van der Waals surface area contributed by atoms with Crippen LogP contribution in [0.2, 0.25) is 0 Å². The van der Waals surface area contributed by atoms with Crippen LogP contribution in [0.4, 0.5) is 26.3 Å². The number of alkyl halides is 6. The first-order valence-electron chi connectivity index (χ1n) is 7.58. The summed E-state index contributed by atoms with van der Waals surface area (Å²) >= 11 is 0. The Balaban J connectivity index is 3.35. The molecule has 1 unspecified atom stereocenters.